The number of ketones is 1. The van der Waals surface area contributed by atoms with Crippen molar-refractivity contribution in [1.82, 2.24) is 13.7 Å². The molecule has 3 aromatic rings. The number of carbonyl (C=O) groups is 2. The van der Waals surface area contributed by atoms with Gasteiger partial charge in [0.1, 0.15) is 16.4 Å². The second-order valence-electron chi connectivity index (χ2n) is 6.52. The van der Waals surface area contributed by atoms with Crippen molar-refractivity contribution in [3.63, 3.8) is 0 Å². The number of hydrogen-bond donors (Lipinski definition) is 1. The maximum absolute atomic E-state index is 12.7. The first-order valence-corrected chi connectivity index (χ1v) is 9.46. The second-order valence-corrected chi connectivity index (χ2v) is 7.72. The highest BCUT2D eigenvalue weighted by atomic mass is 32.1. The topological polar surface area (TPSA) is 118 Å². The quantitative estimate of drug-likeness (QED) is 0.493. The van der Waals surface area contributed by atoms with Gasteiger partial charge in [-0.15, -0.1) is 11.3 Å². The monoisotopic (exact) mass is 416 g/mol. The number of carbonyl (C=O) groups excluding carboxylic acids is 2. The smallest absolute Gasteiger partial charge is 0.341 e. The van der Waals surface area contributed by atoms with Gasteiger partial charge in [0, 0.05) is 31.4 Å². The number of Topliss-reactive ketones (excluding diaryl/α,β-unsaturated/α-hetero) is 1. The number of nitrogens with zero attached hydrogens (tertiary/aromatic N) is 3. The summed E-state index contributed by atoms with van der Waals surface area (Å²) in [5, 5.41) is 0.681. The van der Waals surface area contributed by atoms with Crippen LogP contribution in [0, 0.1) is 13.8 Å². The lowest BCUT2D eigenvalue weighted by Crippen LogP contribution is -2.42. The summed E-state index contributed by atoms with van der Waals surface area (Å²) in [6.07, 6.45) is 3.61. The van der Waals surface area contributed by atoms with Crippen LogP contribution >= 0.6 is 11.3 Å². The number of nitrogens with two attached hydrogens (primary N) is 1. The molecule has 0 saturated heterocycles. The molecule has 10 heteroatoms. The molecule has 3 aromatic heterocycles. The van der Waals surface area contributed by atoms with E-state index in [-0.39, 0.29) is 11.4 Å². The van der Waals surface area contributed by atoms with E-state index >= 15 is 0 Å². The summed E-state index contributed by atoms with van der Waals surface area (Å²) < 4.78 is 8.78. The second kappa shape index (κ2) is 7.55. The Hall–Kier alpha value is -3.40. The number of hydrogen-bond acceptors (Lipinski definition) is 7. The predicted octanol–water partition coefficient (Wildman–Crippen LogP) is 1.17. The van der Waals surface area contributed by atoms with E-state index in [2.05, 4.69) is 0 Å². The van der Waals surface area contributed by atoms with Crippen molar-refractivity contribution in [3.8, 4) is 5.00 Å². The molecular weight excluding hydrogens is 396 g/mol. The van der Waals surface area contributed by atoms with Gasteiger partial charge in [-0.2, -0.15) is 0 Å². The van der Waals surface area contributed by atoms with Crippen LogP contribution in [0.5, 0.6) is 0 Å². The minimum absolute atomic E-state index is 0.269. The molecule has 0 unspecified atom stereocenters. The number of aromatic nitrogens is 3. The lowest BCUT2D eigenvalue weighted by atomic mass is 10.1. The van der Waals surface area contributed by atoms with Crippen molar-refractivity contribution in [2.75, 3.05) is 12.3 Å². The molecule has 3 rings (SSSR count). The highest BCUT2D eigenvalue weighted by Gasteiger charge is 2.25. The van der Waals surface area contributed by atoms with Crippen LogP contribution in [0.25, 0.3) is 5.00 Å². The van der Waals surface area contributed by atoms with Crippen LogP contribution < -0.4 is 17.0 Å². The predicted molar refractivity (Wildman–Crippen MR) is 109 cm³/mol. The highest BCUT2D eigenvalue weighted by Crippen LogP contribution is 2.31. The van der Waals surface area contributed by atoms with Gasteiger partial charge < -0.3 is 15.0 Å². The Morgan fingerprint density at radius 1 is 1.07 bits per heavy atom. The van der Waals surface area contributed by atoms with Gasteiger partial charge in [0.15, 0.2) is 6.61 Å². The number of anilines is 1. The van der Waals surface area contributed by atoms with Crippen LogP contribution in [0.3, 0.4) is 0 Å². The van der Waals surface area contributed by atoms with Gasteiger partial charge in [0.25, 0.3) is 5.56 Å². The molecule has 0 atom stereocenters. The molecule has 0 aliphatic heterocycles. The zero-order chi connectivity index (χ0) is 21.5. The summed E-state index contributed by atoms with van der Waals surface area (Å²) >= 11 is 1.43. The lowest BCUT2D eigenvalue weighted by Gasteiger charge is -2.11. The normalized spacial score (nSPS) is 10.9. The summed E-state index contributed by atoms with van der Waals surface area (Å²) in [4.78, 5) is 50.4. The van der Waals surface area contributed by atoms with Crippen molar-refractivity contribution in [1.29, 1.82) is 0 Å². The summed E-state index contributed by atoms with van der Waals surface area (Å²) in [5.41, 5.74) is 5.03. The van der Waals surface area contributed by atoms with Crippen molar-refractivity contribution in [2.24, 2.45) is 14.1 Å². The molecule has 0 aliphatic carbocycles. The third-order valence-electron chi connectivity index (χ3n) is 4.73. The Kier molecular flexibility index (Phi) is 5.29. The molecule has 0 radical (unpaired) electrons. The van der Waals surface area contributed by atoms with Gasteiger partial charge in [-0.3, -0.25) is 18.7 Å². The fraction of sp³-hybridized carbons (Fsp3) is 0.263. The molecule has 0 spiro atoms. The molecule has 0 bridgehead atoms. The standard InChI is InChI=1S/C19H20N4O5S/c1-10-11(2)29-17(23-7-5-6-8-23)13(10)18(26)28-9-12(24)14-15(20)21(3)19(27)22(4)16(14)25/h5-8H,9,20H2,1-4H3. The number of thiophene rings is 1. The van der Waals surface area contributed by atoms with Gasteiger partial charge in [0.05, 0.1) is 5.56 Å². The molecule has 152 valence electrons. The van der Waals surface area contributed by atoms with E-state index in [0.29, 0.717) is 10.6 Å². The maximum atomic E-state index is 12.7. The van der Waals surface area contributed by atoms with E-state index in [1.807, 2.05) is 31.5 Å². The summed E-state index contributed by atoms with van der Waals surface area (Å²) in [6, 6.07) is 3.67. The van der Waals surface area contributed by atoms with Crippen LogP contribution in [-0.2, 0) is 18.8 Å². The Morgan fingerprint density at radius 3 is 2.31 bits per heavy atom. The molecular formula is C19H20N4O5S. The van der Waals surface area contributed by atoms with Gasteiger partial charge in [0.2, 0.25) is 5.78 Å². The van der Waals surface area contributed by atoms with Crippen molar-refractivity contribution >= 4 is 28.9 Å². The minimum atomic E-state index is -0.831. The fourth-order valence-corrected chi connectivity index (χ4v) is 4.01. The number of ether oxygens (including phenoxy) is 1. The summed E-state index contributed by atoms with van der Waals surface area (Å²) in [5.74, 6) is -1.72. The van der Waals surface area contributed by atoms with Gasteiger partial charge >= 0.3 is 11.7 Å². The van der Waals surface area contributed by atoms with Gasteiger partial charge in [-0.25, -0.2) is 9.59 Å². The van der Waals surface area contributed by atoms with Crippen LogP contribution in [-0.4, -0.2) is 32.1 Å². The summed E-state index contributed by atoms with van der Waals surface area (Å²) in [6.45, 7) is 3.03. The molecule has 0 saturated carbocycles. The van der Waals surface area contributed by atoms with Gasteiger partial charge in [-0.05, 0) is 31.5 Å². The van der Waals surface area contributed by atoms with E-state index in [0.717, 1.165) is 19.6 Å². The maximum Gasteiger partial charge on any atom is 0.341 e. The van der Waals surface area contributed by atoms with Crippen LogP contribution in [0.4, 0.5) is 5.82 Å². The van der Waals surface area contributed by atoms with Crippen LogP contribution in [0.1, 0.15) is 31.2 Å². The van der Waals surface area contributed by atoms with E-state index in [9.17, 15) is 19.2 Å². The SMILES string of the molecule is Cc1sc(-n2cccc2)c(C(=O)OCC(=O)c2c(N)n(C)c(=O)n(C)c2=O)c1C. The van der Waals surface area contributed by atoms with E-state index in [4.69, 9.17) is 10.5 Å². The Bertz CT molecular complexity index is 1230. The summed E-state index contributed by atoms with van der Waals surface area (Å²) in [7, 11) is 2.59. The third kappa shape index (κ3) is 3.42. The minimum Gasteiger partial charge on any atom is -0.454 e. The van der Waals surface area contributed by atoms with Crippen molar-refractivity contribution in [3.05, 3.63) is 66.9 Å². The number of nitrogen functional groups attached to an aromatic ring is 1. The number of aryl methyl sites for hydroxylation is 1. The highest BCUT2D eigenvalue weighted by molar-refractivity contribution is 7.15. The van der Waals surface area contributed by atoms with Crippen molar-refractivity contribution in [2.45, 2.75) is 13.8 Å². The van der Waals surface area contributed by atoms with Crippen molar-refractivity contribution < 1.29 is 14.3 Å². The van der Waals surface area contributed by atoms with E-state index < -0.39 is 29.6 Å². The van der Waals surface area contributed by atoms with E-state index in [1.165, 1.54) is 25.4 Å². The molecule has 2 N–H and O–H groups in total. The van der Waals surface area contributed by atoms with E-state index in [1.54, 1.807) is 11.5 Å². The zero-order valence-corrected chi connectivity index (χ0v) is 17.2. The molecule has 3 heterocycles. The first-order chi connectivity index (χ1) is 13.6. The largest absolute Gasteiger partial charge is 0.454 e. The first-order valence-electron chi connectivity index (χ1n) is 8.64. The third-order valence-corrected chi connectivity index (χ3v) is 5.95. The Balaban J connectivity index is 1.89. The molecule has 0 amide bonds. The van der Waals surface area contributed by atoms with Gasteiger partial charge in [-0.1, -0.05) is 0 Å². The molecule has 0 aliphatic rings. The molecule has 9 nitrogen and oxygen atoms in total. The zero-order valence-electron chi connectivity index (χ0n) is 16.4. The molecule has 29 heavy (non-hydrogen) atoms. The first kappa shape index (κ1) is 20.3. The van der Waals surface area contributed by atoms with Crippen LogP contribution in [0.15, 0.2) is 34.1 Å². The lowest BCUT2D eigenvalue weighted by molar-refractivity contribution is 0.0474. The fourth-order valence-electron chi connectivity index (χ4n) is 2.90. The number of rotatable bonds is 5. The number of esters is 1. The molecule has 0 aromatic carbocycles. The average Bonchev–Trinajstić information content (AvgIpc) is 3.32. The average molecular weight is 416 g/mol. The molecule has 0 fully saturated rings. The Morgan fingerprint density at radius 2 is 1.69 bits per heavy atom. The van der Waals surface area contributed by atoms with Crippen LogP contribution in [0.2, 0.25) is 0 Å². The Labute approximate surface area is 169 Å².